The van der Waals surface area contributed by atoms with Gasteiger partial charge < -0.3 is 16.4 Å². The number of hydrazone groups is 1. The predicted molar refractivity (Wildman–Crippen MR) is 40.1 cm³/mol. The summed E-state index contributed by atoms with van der Waals surface area (Å²) in [5, 5.41) is 3.49. The smallest absolute Gasteiger partial charge is 0.330 e. The van der Waals surface area contributed by atoms with Crippen LogP contribution >= 0.6 is 0 Å². The van der Waals surface area contributed by atoms with E-state index in [1.165, 1.54) is 0 Å². The third kappa shape index (κ3) is 2.86. The van der Waals surface area contributed by atoms with Gasteiger partial charge in [0.15, 0.2) is 0 Å². The second-order valence-corrected chi connectivity index (χ2v) is 1.88. The average Bonchev–Trinajstić information content (AvgIpc) is 1.98. The molecule has 0 heterocycles. The zero-order valence-electron chi connectivity index (χ0n) is 6.77. The molecule has 0 spiro atoms. The molecule has 0 atom stereocenters. The van der Waals surface area contributed by atoms with Gasteiger partial charge in [-0.3, -0.25) is 4.79 Å². The molecule has 0 unspecified atom stereocenters. The van der Waals surface area contributed by atoms with E-state index in [1.807, 2.05) is 0 Å². The maximum absolute atomic E-state index is 10.7. The molecule has 0 aliphatic heterocycles. The molecular formula is C5H10N4O3. The fourth-order valence-electron chi connectivity index (χ4n) is 0.453. The highest BCUT2D eigenvalue weighted by Crippen LogP contribution is 1.91. The van der Waals surface area contributed by atoms with Crippen LogP contribution in [0.2, 0.25) is 0 Å². The number of nitrogens with zero attached hydrogens (tertiary/aromatic N) is 2. The second-order valence-electron chi connectivity index (χ2n) is 1.88. The quantitative estimate of drug-likeness (QED) is 0.201. The molecule has 0 aliphatic carbocycles. The molecule has 0 aromatic carbocycles. The van der Waals surface area contributed by atoms with Gasteiger partial charge in [0.25, 0.3) is 11.9 Å². The van der Waals surface area contributed by atoms with Crippen molar-refractivity contribution in [1.29, 1.82) is 0 Å². The van der Waals surface area contributed by atoms with Gasteiger partial charge in [0.1, 0.15) is 0 Å². The summed E-state index contributed by atoms with van der Waals surface area (Å²) in [6.07, 6.45) is 0. The lowest BCUT2D eigenvalue weighted by Crippen LogP contribution is -2.42. The number of carbonyl (C=O) groups excluding carboxylic acids is 2. The Balaban J connectivity index is 4.45. The summed E-state index contributed by atoms with van der Waals surface area (Å²) in [6, 6.07) is 0. The number of amides is 1. The second kappa shape index (κ2) is 4.16. The van der Waals surface area contributed by atoms with E-state index in [0.717, 1.165) is 13.8 Å². The molecule has 0 aromatic heterocycles. The Morgan fingerprint density at radius 1 is 1.42 bits per heavy atom. The van der Waals surface area contributed by atoms with Crippen LogP contribution in [0.25, 0.3) is 0 Å². The van der Waals surface area contributed by atoms with E-state index in [1.54, 1.807) is 0 Å². The SMILES string of the molecule is CC(=O)ON(C(C)=O)C(N)=NN. The van der Waals surface area contributed by atoms with Crippen LogP contribution in [-0.4, -0.2) is 22.9 Å². The lowest BCUT2D eigenvalue weighted by Gasteiger charge is -2.15. The Morgan fingerprint density at radius 3 is 2.17 bits per heavy atom. The first-order chi connectivity index (χ1) is 5.49. The Kier molecular flexibility index (Phi) is 3.54. The standard InChI is InChI=1S/C5H10N4O3/c1-3(10)9(5(6)8-7)12-4(2)11/h7H2,1-2H3,(H2,6,8). The average molecular weight is 174 g/mol. The van der Waals surface area contributed by atoms with E-state index < -0.39 is 11.9 Å². The van der Waals surface area contributed by atoms with Crippen LogP contribution in [-0.2, 0) is 14.4 Å². The van der Waals surface area contributed by atoms with Gasteiger partial charge in [-0.1, -0.05) is 0 Å². The van der Waals surface area contributed by atoms with Gasteiger partial charge in [-0.2, -0.15) is 0 Å². The highest BCUT2D eigenvalue weighted by atomic mass is 16.7. The van der Waals surface area contributed by atoms with Gasteiger partial charge in [0.2, 0.25) is 0 Å². The molecule has 0 radical (unpaired) electrons. The molecule has 0 bridgehead atoms. The van der Waals surface area contributed by atoms with E-state index in [4.69, 9.17) is 11.6 Å². The summed E-state index contributed by atoms with van der Waals surface area (Å²) in [4.78, 5) is 25.5. The molecule has 0 rings (SSSR count). The van der Waals surface area contributed by atoms with Gasteiger partial charge >= 0.3 is 5.97 Å². The third-order valence-electron chi connectivity index (χ3n) is 0.846. The number of hydrogen-bond donors (Lipinski definition) is 2. The lowest BCUT2D eigenvalue weighted by molar-refractivity contribution is -0.179. The lowest BCUT2D eigenvalue weighted by atomic mass is 10.7. The van der Waals surface area contributed by atoms with E-state index >= 15 is 0 Å². The minimum absolute atomic E-state index is 0.377. The molecule has 0 aliphatic rings. The van der Waals surface area contributed by atoms with Crippen molar-refractivity contribution in [2.24, 2.45) is 16.7 Å². The van der Waals surface area contributed by atoms with Crippen molar-refractivity contribution in [3.8, 4) is 0 Å². The normalized spacial score (nSPS) is 10.7. The van der Waals surface area contributed by atoms with Gasteiger partial charge in [0, 0.05) is 13.8 Å². The summed E-state index contributed by atoms with van der Waals surface area (Å²) >= 11 is 0. The topological polar surface area (TPSA) is 111 Å². The largest absolute Gasteiger partial charge is 0.365 e. The van der Waals surface area contributed by atoms with Crippen molar-refractivity contribution in [3.05, 3.63) is 0 Å². The molecule has 4 N–H and O–H groups in total. The highest BCUT2D eigenvalue weighted by Gasteiger charge is 2.16. The number of rotatable bonds is 0. The summed E-state index contributed by atoms with van der Waals surface area (Å²) in [5.41, 5.74) is 5.12. The third-order valence-corrected chi connectivity index (χ3v) is 0.846. The van der Waals surface area contributed by atoms with Crippen LogP contribution < -0.4 is 11.6 Å². The zero-order chi connectivity index (χ0) is 9.72. The summed E-state index contributed by atoms with van der Waals surface area (Å²) in [5.74, 6) is 3.12. The fourth-order valence-corrected chi connectivity index (χ4v) is 0.453. The van der Waals surface area contributed by atoms with Crippen molar-refractivity contribution in [1.82, 2.24) is 5.06 Å². The molecular weight excluding hydrogens is 164 g/mol. The molecule has 7 nitrogen and oxygen atoms in total. The maximum Gasteiger partial charge on any atom is 0.330 e. The molecule has 68 valence electrons. The van der Waals surface area contributed by atoms with Gasteiger partial charge in [-0.25, -0.2) is 4.79 Å². The first-order valence-corrected chi connectivity index (χ1v) is 3.01. The van der Waals surface area contributed by atoms with Crippen molar-refractivity contribution in [3.63, 3.8) is 0 Å². The van der Waals surface area contributed by atoms with Crippen LogP contribution in [0, 0.1) is 0 Å². The highest BCUT2D eigenvalue weighted by molar-refractivity contribution is 5.94. The van der Waals surface area contributed by atoms with Crippen molar-refractivity contribution in [2.45, 2.75) is 13.8 Å². The number of hydroxylamine groups is 2. The number of guanidine groups is 1. The molecule has 1 amide bonds. The van der Waals surface area contributed by atoms with Crippen molar-refractivity contribution >= 4 is 17.8 Å². The van der Waals surface area contributed by atoms with Crippen LogP contribution in [0.4, 0.5) is 0 Å². The van der Waals surface area contributed by atoms with Crippen LogP contribution in [0.3, 0.4) is 0 Å². The number of carbonyl (C=O) groups is 2. The molecule has 7 heteroatoms. The zero-order valence-corrected chi connectivity index (χ0v) is 6.77. The van der Waals surface area contributed by atoms with E-state index in [0.29, 0.717) is 5.06 Å². The van der Waals surface area contributed by atoms with E-state index in [2.05, 4.69) is 9.94 Å². The van der Waals surface area contributed by atoms with Gasteiger partial charge in [-0.15, -0.1) is 10.2 Å². The van der Waals surface area contributed by atoms with Crippen LogP contribution in [0.5, 0.6) is 0 Å². The summed E-state index contributed by atoms with van der Waals surface area (Å²) in [7, 11) is 0. The maximum atomic E-state index is 10.7. The van der Waals surface area contributed by atoms with Gasteiger partial charge in [0.05, 0.1) is 0 Å². The molecule has 0 fully saturated rings. The predicted octanol–water partition coefficient (Wildman–Crippen LogP) is -1.50. The molecule has 12 heavy (non-hydrogen) atoms. The summed E-state index contributed by atoms with van der Waals surface area (Å²) < 4.78 is 0. The fraction of sp³-hybridized carbons (Fsp3) is 0.400. The minimum atomic E-state index is -0.684. The Bertz CT molecular complexity index is 225. The molecule has 0 saturated heterocycles. The molecule has 0 aromatic rings. The number of hydrogen-bond acceptors (Lipinski definition) is 5. The summed E-state index contributed by atoms with van der Waals surface area (Å²) in [6.45, 7) is 2.28. The van der Waals surface area contributed by atoms with E-state index in [9.17, 15) is 9.59 Å². The Morgan fingerprint density at radius 2 is 1.92 bits per heavy atom. The molecule has 0 saturated carbocycles. The first kappa shape index (κ1) is 10.2. The minimum Gasteiger partial charge on any atom is -0.365 e. The van der Waals surface area contributed by atoms with Crippen LogP contribution in [0.1, 0.15) is 13.8 Å². The van der Waals surface area contributed by atoms with Crippen LogP contribution in [0.15, 0.2) is 5.10 Å². The van der Waals surface area contributed by atoms with Gasteiger partial charge in [-0.05, 0) is 0 Å². The monoisotopic (exact) mass is 174 g/mol. The number of nitrogens with two attached hydrogens (primary N) is 2. The first-order valence-electron chi connectivity index (χ1n) is 3.01. The van der Waals surface area contributed by atoms with Crippen molar-refractivity contribution in [2.75, 3.05) is 0 Å². The van der Waals surface area contributed by atoms with E-state index in [-0.39, 0.29) is 5.96 Å². The Labute approximate surface area is 68.9 Å². The Hall–Kier alpha value is -1.79. The van der Waals surface area contributed by atoms with Crippen molar-refractivity contribution < 1.29 is 14.4 Å².